The first-order valence-corrected chi connectivity index (χ1v) is 4.48. The standard InChI is InChI=1S/C11H13NO/c1-8(12)6-9-7-13-11-5-3-2-4-10(9)11/h2-5,7-8H,6,12H2,1H3. The van der Waals surface area contributed by atoms with Gasteiger partial charge in [-0.15, -0.1) is 0 Å². The van der Waals surface area contributed by atoms with Gasteiger partial charge in [-0.1, -0.05) is 18.2 Å². The summed E-state index contributed by atoms with van der Waals surface area (Å²) < 4.78 is 5.39. The second-order valence-electron chi connectivity index (χ2n) is 3.44. The summed E-state index contributed by atoms with van der Waals surface area (Å²) in [6.07, 6.45) is 2.67. The molecule has 0 saturated carbocycles. The largest absolute Gasteiger partial charge is 0.464 e. The summed E-state index contributed by atoms with van der Waals surface area (Å²) in [5, 5.41) is 1.18. The molecule has 0 fully saturated rings. The van der Waals surface area contributed by atoms with E-state index in [4.69, 9.17) is 10.2 Å². The van der Waals surface area contributed by atoms with Crippen molar-refractivity contribution >= 4 is 11.0 Å². The van der Waals surface area contributed by atoms with E-state index in [9.17, 15) is 0 Å². The van der Waals surface area contributed by atoms with Crippen LogP contribution >= 0.6 is 0 Å². The number of para-hydroxylation sites is 1. The Hall–Kier alpha value is -1.28. The molecule has 0 aliphatic heterocycles. The molecule has 2 heteroatoms. The maximum absolute atomic E-state index is 5.73. The highest BCUT2D eigenvalue weighted by Gasteiger charge is 2.05. The quantitative estimate of drug-likeness (QED) is 0.760. The molecule has 1 unspecified atom stereocenters. The summed E-state index contributed by atoms with van der Waals surface area (Å²) in [6.45, 7) is 2.00. The van der Waals surface area contributed by atoms with Gasteiger partial charge in [0.25, 0.3) is 0 Å². The van der Waals surface area contributed by atoms with Crippen LogP contribution in [0.3, 0.4) is 0 Å². The molecular weight excluding hydrogens is 162 g/mol. The lowest BCUT2D eigenvalue weighted by molar-refractivity contribution is 0.605. The van der Waals surface area contributed by atoms with Gasteiger partial charge in [-0.05, 0) is 25.0 Å². The Kier molecular flexibility index (Phi) is 2.07. The summed E-state index contributed by atoms with van der Waals surface area (Å²) in [5.41, 5.74) is 7.88. The van der Waals surface area contributed by atoms with E-state index < -0.39 is 0 Å². The Bertz CT molecular complexity index is 403. The van der Waals surface area contributed by atoms with E-state index in [0.717, 1.165) is 12.0 Å². The second kappa shape index (κ2) is 3.23. The van der Waals surface area contributed by atoms with Crippen LogP contribution in [0, 0.1) is 0 Å². The lowest BCUT2D eigenvalue weighted by atomic mass is 10.1. The number of nitrogens with two attached hydrogens (primary N) is 1. The van der Waals surface area contributed by atoms with Crippen LogP contribution in [0.25, 0.3) is 11.0 Å². The molecule has 0 saturated heterocycles. The minimum atomic E-state index is 0.181. The second-order valence-corrected chi connectivity index (χ2v) is 3.44. The summed E-state index contributed by atoms with van der Waals surface area (Å²) >= 11 is 0. The lowest BCUT2D eigenvalue weighted by Gasteiger charge is -2.01. The molecule has 0 aliphatic carbocycles. The van der Waals surface area contributed by atoms with Crippen LogP contribution in [0.5, 0.6) is 0 Å². The molecule has 1 atom stereocenters. The molecule has 2 N–H and O–H groups in total. The van der Waals surface area contributed by atoms with Gasteiger partial charge in [-0.2, -0.15) is 0 Å². The van der Waals surface area contributed by atoms with E-state index in [1.54, 1.807) is 6.26 Å². The molecule has 0 aliphatic rings. The van der Waals surface area contributed by atoms with Crippen molar-refractivity contribution in [2.75, 3.05) is 0 Å². The maximum Gasteiger partial charge on any atom is 0.134 e. The molecule has 13 heavy (non-hydrogen) atoms. The maximum atomic E-state index is 5.73. The zero-order valence-electron chi connectivity index (χ0n) is 7.66. The third-order valence-electron chi connectivity index (χ3n) is 2.10. The number of furan rings is 1. The van der Waals surface area contributed by atoms with E-state index in [1.165, 1.54) is 10.9 Å². The first-order valence-electron chi connectivity index (χ1n) is 4.48. The van der Waals surface area contributed by atoms with Crippen molar-refractivity contribution in [3.63, 3.8) is 0 Å². The summed E-state index contributed by atoms with van der Waals surface area (Å²) in [6, 6.07) is 8.21. The Morgan fingerprint density at radius 3 is 2.92 bits per heavy atom. The van der Waals surface area contributed by atoms with E-state index in [0.29, 0.717) is 0 Å². The fourth-order valence-electron chi connectivity index (χ4n) is 1.54. The molecule has 0 bridgehead atoms. The van der Waals surface area contributed by atoms with E-state index in [-0.39, 0.29) is 6.04 Å². The van der Waals surface area contributed by atoms with Crippen LogP contribution in [0.4, 0.5) is 0 Å². The van der Waals surface area contributed by atoms with E-state index in [2.05, 4.69) is 6.07 Å². The fourth-order valence-corrected chi connectivity index (χ4v) is 1.54. The highest BCUT2D eigenvalue weighted by molar-refractivity contribution is 5.80. The van der Waals surface area contributed by atoms with Gasteiger partial charge >= 0.3 is 0 Å². The number of rotatable bonds is 2. The Labute approximate surface area is 77.3 Å². The minimum absolute atomic E-state index is 0.181. The van der Waals surface area contributed by atoms with Crippen molar-refractivity contribution in [2.24, 2.45) is 5.73 Å². The van der Waals surface area contributed by atoms with E-state index >= 15 is 0 Å². The monoisotopic (exact) mass is 175 g/mol. The zero-order chi connectivity index (χ0) is 9.26. The summed E-state index contributed by atoms with van der Waals surface area (Å²) in [5.74, 6) is 0. The molecule has 1 aromatic heterocycles. The van der Waals surface area contributed by atoms with Gasteiger partial charge in [0.2, 0.25) is 0 Å². The smallest absolute Gasteiger partial charge is 0.134 e. The van der Waals surface area contributed by atoms with Gasteiger partial charge in [-0.25, -0.2) is 0 Å². The molecule has 0 amide bonds. The first kappa shape index (κ1) is 8.32. The van der Waals surface area contributed by atoms with Crippen molar-refractivity contribution < 1.29 is 4.42 Å². The molecule has 0 radical (unpaired) electrons. The van der Waals surface area contributed by atoms with Gasteiger partial charge in [-0.3, -0.25) is 0 Å². The predicted octanol–water partition coefficient (Wildman–Crippen LogP) is 2.32. The normalized spacial score (nSPS) is 13.4. The molecule has 68 valence electrons. The zero-order valence-corrected chi connectivity index (χ0v) is 7.66. The highest BCUT2D eigenvalue weighted by Crippen LogP contribution is 2.21. The number of fused-ring (bicyclic) bond motifs is 1. The van der Waals surface area contributed by atoms with Crippen molar-refractivity contribution in [1.29, 1.82) is 0 Å². The predicted molar refractivity (Wildman–Crippen MR) is 53.6 cm³/mol. The molecule has 2 rings (SSSR count). The SMILES string of the molecule is CC(N)Cc1coc2ccccc12. The number of hydrogen-bond donors (Lipinski definition) is 1. The van der Waals surface area contributed by atoms with Crippen LogP contribution in [-0.4, -0.2) is 6.04 Å². The average molecular weight is 175 g/mol. The van der Waals surface area contributed by atoms with Crippen molar-refractivity contribution in [2.45, 2.75) is 19.4 Å². The summed E-state index contributed by atoms with van der Waals surface area (Å²) in [4.78, 5) is 0. The third-order valence-corrected chi connectivity index (χ3v) is 2.10. The Morgan fingerprint density at radius 2 is 2.15 bits per heavy atom. The molecule has 1 aromatic carbocycles. The molecule has 0 spiro atoms. The molecular formula is C11H13NO. The molecule has 2 aromatic rings. The Morgan fingerprint density at radius 1 is 1.38 bits per heavy atom. The van der Waals surface area contributed by atoms with Crippen LogP contribution in [0.1, 0.15) is 12.5 Å². The van der Waals surface area contributed by atoms with Crippen molar-refractivity contribution in [1.82, 2.24) is 0 Å². The van der Waals surface area contributed by atoms with Gasteiger partial charge in [0.1, 0.15) is 5.58 Å². The van der Waals surface area contributed by atoms with Gasteiger partial charge in [0.15, 0.2) is 0 Å². The highest BCUT2D eigenvalue weighted by atomic mass is 16.3. The van der Waals surface area contributed by atoms with Gasteiger partial charge in [0, 0.05) is 11.4 Å². The van der Waals surface area contributed by atoms with E-state index in [1.807, 2.05) is 25.1 Å². The number of hydrogen-bond acceptors (Lipinski definition) is 2. The lowest BCUT2D eigenvalue weighted by Crippen LogP contribution is -2.17. The van der Waals surface area contributed by atoms with Crippen LogP contribution in [0.15, 0.2) is 34.9 Å². The third kappa shape index (κ3) is 1.58. The van der Waals surface area contributed by atoms with Gasteiger partial charge in [0.05, 0.1) is 6.26 Å². The summed E-state index contributed by atoms with van der Waals surface area (Å²) in [7, 11) is 0. The topological polar surface area (TPSA) is 39.2 Å². The van der Waals surface area contributed by atoms with Crippen LogP contribution < -0.4 is 5.73 Å². The first-order chi connectivity index (χ1) is 6.27. The van der Waals surface area contributed by atoms with Crippen molar-refractivity contribution in [3.05, 3.63) is 36.1 Å². The molecule has 1 heterocycles. The Balaban J connectivity index is 2.46. The van der Waals surface area contributed by atoms with Gasteiger partial charge < -0.3 is 10.2 Å². The minimum Gasteiger partial charge on any atom is -0.464 e. The fraction of sp³-hybridized carbons (Fsp3) is 0.273. The number of benzene rings is 1. The van der Waals surface area contributed by atoms with Crippen molar-refractivity contribution in [3.8, 4) is 0 Å². The van der Waals surface area contributed by atoms with Crippen LogP contribution in [-0.2, 0) is 6.42 Å². The molecule has 2 nitrogen and oxygen atoms in total. The average Bonchev–Trinajstić information content (AvgIpc) is 2.48. The van der Waals surface area contributed by atoms with Crippen LogP contribution in [0.2, 0.25) is 0 Å².